The van der Waals surface area contributed by atoms with Gasteiger partial charge in [0.2, 0.25) is 0 Å². The number of benzene rings is 2. The number of hydrogen-bond donors (Lipinski definition) is 1. The van der Waals surface area contributed by atoms with Gasteiger partial charge in [-0.2, -0.15) is 0 Å². The first-order valence-corrected chi connectivity index (χ1v) is 5.87. The Morgan fingerprint density at radius 1 is 1.06 bits per heavy atom. The van der Waals surface area contributed by atoms with Crippen molar-refractivity contribution in [3.8, 4) is 11.5 Å². The van der Waals surface area contributed by atoms with Crippen molar-refractivity contribution in [2.45, 2.75) is 19.9 Å². The Morgan fingerprint density at radius 2 is 1.72 bits per heavy atom. The first-order chi connectivity index (χ1) is 8.59. The summed E-state index contributed by atoms with van der Waals surface area (Å²) in [4.78, 5) is 0. The van der Waals surface area contributed by atoms with Gasteiger partial charge in [0.05, 0.1) is 0 Å². The van der Waals surface area contributed by atoms with Gasteiger partial charge in [0.1, 0.15) is 5.75 Å². The molecule has 0 bridgehead atoms. The van der Waals surface area contributed by atoms with Crippen LogP contribution < -0.4 is 10.5 Å². The van der Waals surface area contributed by atoms with E-state index in [0.29, 0.717) is 11.3 Å². The van der Waals surface area contributed by atoms with Crippen molar-refractivity contribution in [3.05, 3.63) is 59.4 Å². The minimum Gasteiger partial charge on any atom is -0.454 e. The van der Waals surface area contributed by atoms with E-state index in [1.807, 2.05) is 25.1 Å². The number of rotatable bonds is 3. The molecule has 0 aromatic heterocycles. The largest absolute Gasteiger partial charge is 0.454 e. The summed E-state index contributed by atoms with van der Waals surface area (Å²) in [6.45, 7) is 3.58. The van der Waals surface area contributed by atoms with Crippen LogP contribution in [-0.4, -0.2) is 0 Å². The predicted octanol–water partition coefficient (Wildman–Crippen LogP) is 3.95. The molecule has 2 nitrogen and oxygen atoms in total. The van der Waals surface area contributed by atoms with Crippen LogP contribution >= 0.6 is 0 Å². The van der Waals surface area contributed by atoms with Crippen molar-refractivity contribution in [3.63, 3.8) is 0 Å². The van der Waals surface area contributed by atoms with Crippen LogP contribution in [0.15, 0.2) is 42.5 Å². The minimum atomic E-state index is -0.336. The quantitative estimate of drug-likeness (QED) is 0.888. The molecular weight excluding hydrogens is 229 g/mol. The highest BCUT2D eigenvalue weighted by molar-refractivity contribution is 5.40. The zero-order chi connectivity index (χ0) is 13.1. The van der Waals surface area contributed by atoms with Gasteiger partial charge in [-0.3, -0.25) is 0 Å². The lowest BCUT2D eigenvalue weighted by Gasteiger charge is -2.14. The van der Waals surface area contributed by atoms with Gasteiger partial charge in [0.25, 0.3) is 0 Å². The SMILES string of the molecule is Cc1cccc(Oc2ccccc2[C@@H](C)N)c1F. The normalized spacial score (nSPS) is 12.2. The van der Waals surface area contributed by atoms with Gasteiger partial charge in [0.15, 0.2) is 11.6 Å². The molecule has 2 rings (SSSR count). The topological polar surface area (TPSA) is 35.2 Å². The van der Waals surface area contributed by atoms with Crippen LogP contribution in [0.1, 0.15) is 24.1 Å². The Bertz CT molecular complexity index is 552. The second-order valence-electron chi connectivity index (χ2n) is 4.32. The highest BCUT2D eigenvalue weighted by Crippen LogP contribution is 2.30. The molecule has 0 unspecified atom stereocenters. The average Bonchev–Trinajstić information content (AvgIpc) is 2.35. The molecule has 0 aliphatic rings. The molecule has 0 radical (unpaired) electrons. The van der Waals surface area contributed by atoms with Crippen LogP contribution in [0.25, 0.3) is 0 Å². The Labute approximate surface area is 106 Å². The van der Waals surface area contributed by atoms with E-state index in [1.54, 1.807) is 31.2 Å². The maximum absolute atomic E-state index is 13.9. The minimum absolute atomic E-state index is 0.158. The van der Waals surface area contributed by atoms with Crippen LogP contribution in [-0.2, 0) is 0 Å². The van der Waals surface area contributed by atoms with Gasteiger partial charge in [-0.25, -0.2) is 4.39 Å². The Morgan fingerprint density at radius 3 is 2.44 bits per heavy atom. The third-order valence-electron chi connectivity index (χ3n) is 2.79. The first-order valence-electron chi connectivity index (χ1n) is 5.87. The zero-order valence-corrected chi connectivity index (χ0v) is 10.5. The van der Waals surface area contributed by atoms with Crippen LogP contribution in [0.4, 0.5) is 4.39 Å². The monoisotopic (exact) mass is 245 g/mol. The summed E-state index contributed by atoms with van der Waals surface area (Å²) in [6, 6.07) is 12.3. The molecule has 0 spiro atoms. The summed E-state index contributed by atoms with van der Waals surface area (Å²) < 4.78 is 19.5. The molecule has 0 fully saturated rings. The Balaban J connectivity index is 2.37. The Kier molecular flexibility index (Phi) is 3.63. The van der Waals surface area contributed by atoms with E-state index in [4.69, 9.17) is 10.5 Å². The predicted molar refractivity (Wildman–Crippen MR) is 70.3 cm³/mol. The maximum Gasteiger partial charge on any atom is 0.168 e. The fourth-order valence-electron chi connectivity index (χ4n) is 1.77. The van der Waals surface area contributed by atoms with Crippen LogP contribution in [0.2, 0.25) is 0 Å². The lowest BCUT2D eigenvalue weighted by atomic mass is 10.1. The summed E-state index contributed by atoms with van der Waals surface area (Å²) in [5.41, 5.74) is 7.28. The molecule has 0 aliphatic heterocycles. The third-order valence-corrected chi connectivity index (χ3v) is 2.79. The molecular formula is C15H16FNO. The molecule has 94 valence electrons. The number of halogens is 1. The van der Waals surface area contributed by atoms with E-state index in [-0.39, 0.29) is 17.6 Å². The van der Waals surface area contributed by atoms with Crippen molar-refractivity contribution in [2.24, 2.45) is 5.73 Å². The van der Waals surface area contributed by atoms with E-state index >= 15 is 0 Å². The molecule has 2 aromatic carbocycles. The molecule has 0 saturated carbocycles. The van der Waals surface area contributed by atoms with Gasteiger partial charge in [-0.15, -0.1) is 0 Å². The molecule has 2 N–H and O–H groups in total. The van der Waals surface area contributed by atoms with E-state index in [2.05, 4.69) is 0 Å². The van der Waals surface area contributed by atoms with Crippen molar-refractivity contribution in [1.29, 1.82) is 0 Å². The number of ether oxygens (including phenoxy) is 1. The highest BCUT2D eigenvalue weighted by Gasteiger charge is 2.11. The lowest BCUT2D eigenvalue weighted by Crippen LogP contribution is -2.06. The fraction of sp³-hybridized carbons (Fsp3) is 0.200. The fourth-order valence-corrected chi connectivity index (χ4v) is 1.77. The second-order valence-corrected chi connectivity index (χ2v) is 4.32. The standard InChI is InChI=1S/C15H16FNO/c1-10-6-5-9-14(15(10)16)18-13-8-4-3-7-12(13)11(2)17/h3-9,11H,17H2,1-2H3/t11-/m1/s1. The number of aryl methyl sites for hydroxylation is 1. The summed E-state index contributed by atoms with van der Waals surface area (Å²) in [7, 11) is 0. The lowest BCUT2D eigenvalue weighted by molar-refractivity contribution is 0.433. The second kappa shape index (κ2) is 5.19. The van der Waals surface area contributed by atoms with Crippen molar-refractivity contribution < 1.29 is 9.13 Å². The van der Waals surface area contributed by atoms with E-state index in [1.165, 1.54) is 0 Å². The Hall–Kier alpha value is -1.87. The molecule has 3 heteroatoms. The molecule has 0 amide bonds. The summed E-state index contributed by atoms with van der Waals surface area (Å²) >= 11 is 0. The zero-order valence-electron chi connectivity index (χ0n) is 10.5. The smallest absolute Gasteiger partial charge is 0.168 e. The van der Waals surface area contributed by atoms with Gasteiger partial charge in [0, 0.05) is 11.6 Å². The van der Waals surface area contributed by atoms with Crippen LogP contribution in [0.3, 0.4) is 0 Å². The highest BCUT2D eigenvalue weighted by atomic mass is 19.1. The van der Waals surface area contributed by atoms with E-state index in [9.17, 15) is 4.39 Å². The average molecular weight is 245 g/mol. The van der Waals surface area contributed by atoms with Crippen molar-refractivity contribution in [1.82, 2.24) is 0 Å². The van der Waals surface area contributed by atoms with E-state index < -0.39 is 0 Å². The molecule has 0 aliphatic carbocycles. The van der Waals surface area contributed by atoms with Gasteiger partial charge < -0.3 is 10.5 Å². The molecule has 18 heavy (non-hydrogen) atoms. The van der Waals surface area contributed by atoms with Gasteiger partial charge in [-0.05, 0) is 31.5 Å². The molecule has 0 saturated heterocycles. The van der Waals surface area contributed by atoms with E-state index in [0.717, 1.165) is 5.56 Å². The van der Waals surface area contributed by atoms with Crippen molar-refractivity contribution in [2.75, 3.05) is 0 Å². The van der Waals surface area contributed by atoms with Gasteiger partial charge in [-0.1, -0.05) is 30.3 Å². The summed E-state index contributed by atoms with van der Waals surface area (Å²) in [5.74, 6) is 0.483. The molecule has 2 aromatic rings. The first kappa shape index (κ1) is 12.6. The summed E-state index contributed by atoms with van der Waals surface area (Å²) in [5, 5.41) is 0. The van der Waals surface area contributed by atoms with Crippen LogP contribution in [0, 0.1) is 12.7 Å². The number of nitrogens with two attached hydrogens (primary N) is 1. The molecule has 0 heterocycles. The maximum atomic E-state index is 13.9. The van der Waals surface area contributed by atoms with Crippen LogP contribution in [0.5, 0.6) is 11.5 Å². The van der Waals surface area contributed by atoms with Gasteiger partial charge >= 0.3 is 0 Å². The van der Waals surface area contributed by atoms with Crippen molar-refractivity contribution >= 4 is 0 Å². The molecule has 1 atom stereocenters. The third kappa shape index (κ3) is 2.51. The number of hydrogen-bond acceptors (Lipinski definition) is 2. The summed E-state index contributed by atoms with van der Waals surface area (Å²) in [6.07, 6.45) is 0. The number of para-hydroxylation sites is 1.